The number of anilines is 3. The Hall–Kier alpha value is -4.11. The average molecular weight is 543 g/mol. The third-order valence-corrected chi connectivity index (χ3v) is 5.41. The van der Waals surface area contributed by atoms with Gasteiger partial charge in [0, 0.05) is 57.1 Å². The minimum Gasteiger partial charge on any atom is -0.369 e. The first-order valence-corrected chi connectivity index (χ1v) is 12.6. The van der Waals surface area contributed by atoms with Gasteiger partial charge in [0.2, 0.25) is 23.7 Å². The topological polar surface area (TPSA) is 115 Å². The normalized spacial score (nSPS) is 11.6. The molecule has 2 aromatic heterocycles. The Balaban J connectivity index is 1.89. The quantitative estimate of drug-likeness (QED) is 0.145. The largest absolute Gasteiger partial charge is 0.369 e. The van der Waals surface area contributed by atoms with E-state index >= 15 is 0 Å². The first kappa shape index (κ1) is 31.1. The summed E-state index contributed by atoms with van der Waals surface area (Å²) in [6.07, 6.45) is 7.47. The average Bonchev–Trinajstić information content (AvgIpc) is 2.90. The number of nitrogens with zero attached hydrogens (tertiary/aromatic N) is 5. The molecule has 39 heavy (non-hydrogen) atoms. The number of halogens is 2. The number of likely N-dealkylation sites (N-methyl/N-ethyl adjacent to an activating group) is 2. The van der Waals surface area contributed by atoms with E-state index in [1.54, 1.807) is 26.1 Å². The summed E-state index contributed by atoms with van der Waals surface area (Å²) in [6.45, 7) is 2.60. The molecule has 10 nitrogen and oxygen atoms in total. The summed E-state index contributed by atoms with van der Waals surface area (Å²) in [7, 11) is 5.40. The van der Waals surface area contributed by atoms with Crippen molar-refractivity contribution in [3.05, 3.63) is 48.2 Å². The molecule has 2 aromatic rings. The van der Waals surface area contributed by atoms with Crippen molar-refractivity contribution in [2.75, 3.05) is 58.1 Å². The van der Waals surface area contributed by atoms with Crippen LogP contribution in [0.4, 0.5) is 26.2 Å². The lowest BCUT2D eigenvalue weighted by Gasteiger charge is -2.23. The fraction of sp³-hybridized carbons (Fsp3) is 0.444. The van der Waals surface area contributed by atoms with Crippen molar-refractivity contribution < 1.29 is 18.4 Å². The maximum Gasteiger partial charge on any atom is 0.246 e. The first-order chi connectivity index (χ1) is 18.7. The molecule has 2 rings (SSSR count). The highest BCUT2D eigenvalue weighted by Gasteiger charge is 2.20. The van der Waals surface area contributed by atoms with Gasteiger partial charge in [0.25, 0.3) is 0 Å². The second kappa shape index (κ2) is 16.7. The zero-order valence-corrected chi connectivity index (χ0v) is 22.8. The van der Waals surface area contributed by atoms with Crippen LogP contribution in [0.1, 0.15) is 31.7 Å². The Morgan fingerprint density at radius 3 is 2.69 bits per heavy atom. The zero-order valence-electron chi connectivity index (χ0n) is 22.8. The molecular formula is C27H36F2N8O2. The lowest BCUT2D eigenvalue weighted by Crippen LogP contribution is -2.45. The Kier molecular flexibility index (Phi) is 13.3. The molecule has 0 bridgehead atoms. The second-order valence-corrected chi connectivity index (χ2v) is 8.90. The monoisotopic (exact) mass is 542 g/mol. The van der Waals surface area contributed by atoms with Gasteiger partial charge in [-0.25, -0.2) is 9.97 Å². The molecule has 210 valence electrons. The van der Waals surface area contributed by atoms with Crippen LogP contribution in [0.3, 0.4) is 0 Å². The molecule has 0 aromatic carbocycles. The van der Waals surface area contributed by atoms with Crippen LogP contribution < -0.4 is 16.0 Å². The van der Waals surface area contributed by atoms with Crippen molar-refractivity contribution in [2.24, 2.45) is 0 Å². The molecule has 0 unspecified atom stereocenters. The number of nitrogens with one attached hydrogen (secondary N) is 3. The number of hydrogen-bond acceptors (Lipinski definition) is 8. The third kappa shape index (κ3) is 11.4. The highest BCUT2D eigenvalue weighted by molar-refractivity contribution is 5.92. The van der Waals surface area contributed by atoms with E-state index in [1.165, 1.54) is 29.4 Å². The number of pyridine rings is 1. The molecule has 1 atom stereocenters. The summed E-state index contributed by atoms with van der Waals surface area (Å²) in [6, 6.07) is 2.18. The summed E-state index contributed by atoms with van der Waals surface area (Å²) in [5.74, 6) is 5.57. The van der Waals surface area contributed by atoms with Crippen LogP contribution in [0.25, 0.3) is 0 Å². The van der Waals surface area contributed by atoms with Gasteiger partial charge in [-0.05, 0) is 39.9 Å². The van der Waals surface area contributed by atoms with E-state index in [9.17, 15) is 18.4 Å². The summed E-state index contributed by atoms with van der Waals surface area (Å²) in [5, 5.41) is 8.78. The van der Waals surface area contributed by atoms with Gasteiger partial charge in [-0.15, -0.1) is 0 Å². The van der Waals surface area contributed by atoms with E-state index in [0.29, 0.717) is 56.0 Å². The maximum absolute atomic E-state index is 13.4. The van der Waals surface area contributed by atoms with Gasteiger partial charge in [0.1, 0.15) is 11.9 Å². The Morgan fingerprint density at radius 2 is 1.97 bits per heavy atom. The SMILES string of the molecule is C[C@@H](C(=O)NCCCC#Cc1cnc(Nc2ccnc(F)c2)nc1NCCCF)N(C)C(=O)/C=C/CN(C)C. The van der Waals surface area contributed by atoms with Crippen molar-refractivity contribution in [3.8, 4) is 11.8 Å². The number of amides is 2. The molecule has 0 fully saturated rings. The number of alkyl halides is 1. The number of unbranched alkanes of at least 4 members (excludes halogenated alkanes) is 1. The van der Waals surface area contributed by atoms with E-state index < -0.39 is 18.7 Å². The Morgan fingerprint density at radius 1 is 1.18 bits per heavy atom. The van der Waals surface area contributed by atoms with Crippen molar-refractivity contribution in [1.29, 1.82) is 0 Å². The Labute approximate surface area is 228 Å². The summed E-state index contributed by atoms with van der Waals surface area (Å²) in [5.41, 5.74) is 0.962. The van der Waals surface area contributed by atoms with Crippen molar-refractivity contribution in [2.45, 2.75) is 32.2 Å². The van der Waals surface area contributed by atoms with Gasteiger partial charge in [-0.3, -0.25) is 14.0 Å². The van der Waals surface area contributed by atoms with Crippen molar-refractivity contribution in [1.82, 2.24) is 30.1 Å². The smallest absolute Gasteiger partial charge is 0.246 e. The predicted octanol–water partition coefficient (Wildman–Crippen LogP) is 2.74. The van der Waals surface area contributed by atoms with E-state index in [0.717, 1.165) is 0 Å². The molecule has 3 N–H and O–H groups in total. The van der Waals surface area contributed by atoms with Gasteiger partial charge in [-0.1, -0.05) is 17.9 Å². The van der Waals surface area contributed by atoms with Crippen LogP contribution in [0.5, 0.6) is 0 Å². The molecule has 2 amide bonds. The number of carbonyl (C=O) groups excluding carboxylic acids is 2. The summed E-state index contributed by atoms with van der Waals surface area (Å²) in [4.78, 5) is 40.1. The summed E-state index contributed by atoms with van der Waals surface area (Å²) < 4.78 is 25.9. The lowest BCUT2D eigenvalue weighted by atomic mass is 10.2. The third-order valence-electron chi connectivity index (χ3n) is 5.41. The molecule has 0 aliphatic rings. The van der Waals surface area contributed by atoms with Crippen LogP contribution in [0.15, 0.2) is 36.7 Å². The van der Waals surface area contributed by atoms with Crippen LogP contribution in [0, 0.1) is 17.8 Å². The van der Waals surface area contributed by atoms with E-state index in [-0.39, 0.29) is 17.8 Å². The van der Waals surface area contributed by atoms with Gasteiger partial charge in [-0.2, -0.15) is 9.37 Å². The minimum absolute atomic E-state index is 0.224. The standard InChI is InChI=1S/C27H36F2N8O2/c1-20(37(4)24(38)11-8-17-36(2)3)26(39)32-14-7-5-6-10-21-19-33-27(35-25(21)31-15-9-13-28)34-22-12-16-30-23(29)18-22/h8,11-12,16,18-20H,5,7,9,13-15,17H2,1-4H3,(H,32,39)(H2,30,31,33,34,35)/b11-8+/t20-/m0/s1. The van der Waals surface area contributed by atoms with Crippen LogP contribution in [-0.4, -0.2) is 90.1 Å². The number of aromatic nitrogens is 3. The molecule has 0 spiro atoms. The molecule has 0 radical (unpaired) electrons. The van der Waals surface area contributed by atoms with Crippen molar-refractivity contribution in [3.63, 3.8) is 0 Å². The second-order valence-electron chi connectivity index (χ2n) is 8.90. The highest BCUT2D eigenvalue weighted by Crippen LogP contribution is 2.17. The van der Waals surface area contributed by atoms with Crippen LogP contribution in [0.2, 0.25) is 0 Å². The number of carbonyl (C=O) groups is 2. The predicted molar refractivity (Wildman–Crippen MR) is 148 cm³/mol. The molecule has 12 heteroatoms. The van der Waals surface area contributed by atoms with Gasteiger partial charge < -0.3 is 25.8 Å². The number of rotatable bonds is 14. The van der Waals surface area contributed by atoms with Gasteiger partial charge in [0.05, 0.1) is 18.4 Å². The van der Waals surface area contributed by atoms with Crippen LogP contribution in [-0.2, 0) is 9.59 Å². The molecule has 2 heterocycles. The molecule has 0 aliphatic carbocycles. The first-order valence-electron chi connectivity index (χ1n) is 12.6. The fourth-order valence-electron chi connectivity index (χ4n) is 3.09. The van der Waals surface area contributed by atoms with Crippen molar-refractivity contribution >= 4 is 29.3 Å². The Bertz CT molecular complexity index is 1180. The number of hydrogen-bond donors (Lipinski definition) is 3. The zero-order chi connectivity index (χ0) is 28.6. The highest BCUT2D eigenvalue weighted by atomic mass is 19.1. The lowest BCUT2D eigenvalue weighted by molar-refractivity contribution is -0.135. The van der Waals surface area contributed by atoms with Gasteiger partial charge in [0.15, 0.2) is 0 Å². The minimum atomic E-state index is -0.636. The fourth-order valence-corrected chi connectivity index (χ4v) is 3.09. The molecule has 0 saturated carbocycles. The molecule has 0 saturated heterocycles. The molecule has 0 aliphatic heterocycles. The molecular weight excluding hydrogens is 506 g/mol. The van der Waals surface area contributed by atoms with Crippen LogP contribution >= 0.6 is 0 Å². The van der Waals surface area contributed by atoms with E-state index in [2.05, 4.69) is 42.7 Å². The maximum atomic E-state index is 13.4. The van der Waals surface area contributed by atoms with E-state index in [4.69, 9.17) is 0 Å². The summed E-state index contributed by atoms with van der Waals surface area (Å²) >= 11 is 0. The van der Waals surface area contributed by atoms with Gasteiger partial charge >= 0.3 is 0 Å². The van der Waals surface area contributed by atoms with E-state index in [1.807, 2.05) is 19.0 Å².